The van der Waals surface area contributed by atoms with Crippen LogP contribution >= 0.6 is 23.2 Å². The third-order valence-corrected chi connectivity index (χ3v) is 6.10. The van der Waals surface area contributed by atoms with Gasteiger partial charge in [-0.1, -0.05) is 23.2 Å². The number of carboxylic acids is 1. The third kappa shape index (κ3) is 1.35. The molecule has 0 radical (unpaired) electrons. The second kappa shape index (κ2) is 3.29. The monoisotopic (exact) mass is 262 g/mol. The molecule has 2 nitrogen and oxygen atoms in total. The molecule has 0 spiro atoms. The summed E-state index contributed by atoms with van der Waals surface area (Å²) >= 11 is 12.3. The fourth-order valence-corrected chi connectivity index (χ4v) is 5.18. The molecule has 4 heteroatoms. The van der Waals surface area contributed by atoms with Crippen molar-refractivity contribution in [3.8, 4) is 0 Å². The van der Waals surface area contributed by atoms with Gasteiger partial charge in [0.15, 0.2) is 0 Å². The van der Waals surface area contributed by atoms with E-state index >= 15 is 0 Å². The van der Waals surface area contributed by atoms with Crippen LogP contribution in [0.15, 0.2) is 0 Å². The van der Waals surface area contributed by atoms with Crippen molar-refractivity contribution >= 4 is 29.2 Å². The summed E-state index contributed by atoms with van der Waals surface area (Å²) in [5, 5.41) is 9.24. The molecule has 0 aliphatic heterocycles. The van der Waals surface area contributed by atoms with Crippen molar-refractivity contribution in [3.63, 3.8) is 0 Å². The van der Waals surface area contributed by atoms with E-state index in [-0.39, 0.29) is 5.41 Å². The molecular weight excluding hydrogens is 247 g/mol. The minimum absolute atomic E-state index is 0.351. The molecule has 4 fully saturated rings. The van der Waals surface area contributed by atoms with Crippen molar-refractivity contribution in [2.75, 3.05) is 0 Å². The molecule has 0 aromatic heterocycles. The van der Waals surface area contributed by atoms with Gasteiger partial charge in [0.2, 0.25) is 4.33 Å². The van der Waals surface area contributed by atoms with E-state index in [0.29, 0.717) is 17.8 Å². The average Bonchev–Trinajstić information content (AvgIpc) is 2.14. The molecular formula is C12H16Cl2O2. The first-order chi connectivity index (χ1) is 7.43. The van der Waals surface area contributed by atoms with Crippen LogP contribution in [-0.4, -0.2) is 15.4 Å². The lowest BCUT2D eigenvalue weighted by Crippen LogP contribution is -2.56. The lowest BCUT2D eigenvalue weighted by Gasteiger charge is -2.59. The Balaban J connectivity index is 1.97. The maximum atomic E-state index is 11.3. The zero-order chi connectivity index (χ0) is 11.6. The van der Waals surface area contributed by atoms with Gasteiger partial charge >= 0.3 is 5.97 Å². The molecule has 4 aliphatic rings. The standard InChI is InChI=1S/C12H16Cl2O2/c13-12(14,10(15)16)11-4-7-1-8(5-11)3-9(2-7)6-11/h7-9H,1-6H2,(H,15,16). The van der Waals surface area contributed by atoms with Crippen LogP contribution in [0.2, 0.25) is 0 Å². The van der Waals surface area contributed by atoms with E-state index in [9.17, 15) is 9.90 Å². The van der Waals surface area contributed by atoms with Crippen LogP contribution in [0.4, 0.5) is 0 Å². The molecule has 0 amide bonds. The quantitative estimate of drug-likeness (QED) is 0.774. The Kier molecular flexibility index (Phi) is 2.29. The molecule has 4 aliphatic carbocycles. The first kappa shape index (κ1) is 11.2. The van der Waals surface area contributed by atoms with E-state index in [2.05, 4.69) is 0 Å². The summed E-state index contributed by atoms with van der Waals surface area (Å²) in [5.74, 6) is 0.949. The van der Waals surface area contributed by atoms with Gasteiger partial charge in [-0.2, -0.15) is 0 Å². The van der Waals surface area contributed by atoms with Crippen LogP contribution in [0, 0.1) is 23.2 Å². The normalized spacial score (nSPS) is 46.0. The largest absolute Gasteiger partial charge is 0.479 e. The Hall–Kier alpha value is 0.0500. The van der Waals surface area contributed by atoms with E-state index in [1.54, 1.807) is 0 Å². The van der Waals surface area contributed by atoms with Gasteiger partial charge in [-0.25, -0.2) is 4.79 Å². The minimum atomic E-state index is -1.58. The van der Waals surface area contributed by atoms with Gasteiger partial charge in [0.25, 0.3) is 0 Å². The van der Waals surface area contributed by atoms with Gasteiger partial charge in [-0.15, -0.1) is 0 Å². The van der Waals surface area contributed by atoms with Crippen LogP contribution in [-0.2, 0) is 4.79 Å². The predicted molar refractivity (Wildman–Crippen MR) is 62.7 cm³/mol. The van der Waals surface area contributed by atoms with Crippen molar-refractivity contribution in [2.45, 2.75) is 42.9 Å². The van der Waals surface area contributed by atoms with Gasteiger partial charge in [-0.05, 0) is 56.3 Å². The highest BCUT2D eigenvalue weighted by Gasteiger charge is 2.62. The highest BCUT2D eigenvalue weighted by atomic mass is 35.5. The first-order valence-corrected chi connectivity index (χ1v) is 6.80. The van der Waals surface area contributed by atoms with Gasteiger partial charge in [-0.3, -0.25) is 0 Å². The average molecular weight is 263 g/mol. The third-order valence-electron chi connectivity index (χ3n) is 4.97. The van der Waals surface area contributed by atoms with Gasteiger partial charge in [0.1, 0.15) is 0 Å². The van der Waals surface area contributed by atoms with Crippen molar-refractivity contribution < 1.29 is 9.90 Å². The molecule has 0 saturated heterocycles. The fraction of sp³-hybridized carbons (Fsp3) is 0.917. The molecule has 0 aromatic carbocycles. The van der Waals surface area contributed by atoms with E-state index in [1.807, 2.05) is 0 Å². The van der Waals surface area contributed by atoms with Crippen molar-refractivity contribution in [2.24, 2.45) is 23.2 Å². The van der Waals surface area contributed by atoms with Crippen LogP contribution in [0.25, 0.3) is 0 Å². The molecule has 0 unspecified atom stereocenters. The molecule has 16 heavy (non-hydrogen) atoms. The maximum Gasteiger partial charge on any atom is 0.340 e. The molecule has 4 saturated carbocycles. The van der Waals surface area contributed by atoms with Gasteiger partial charge in [0.05, 0.1) is 0 Å². The zero-order valence-electron chi connectivity index (χ0n) is 9.09. The van der Waals surface area contributed by atoms with E-state index in [0.717, 1.165) is 19.3 Å². The topological polar surface area (TPSA) is 37.3 Å². The number of hydrogen-bond acceptors (Lipinski definition) is 1. The number of alkyl halides is 2. The molecule has 0 heterocycles. The maximum absolute atomic E-state index is 11.3. The first-order valence-electron chi connectivity index (χ1n) is 6.04. The Morgan fingerprint density at radius 3 is 1.75 bits per heavy atom. The Labute approximate surface area is 105 Å². The van der Waals surface area contributed by atoms with Gasteiger partial charge in [0, 0.05) is 5.41 Å². The molecule has 0 atom stereocenters. The minimum Gasteiger partial charge on any atom is -0.479 e. The van der Waals surface area contributed by atoms with Crippen LogP contribution < -0.4 is 0 Å². The summed E-state index contributed by atoms with van der Waals surface area (Å²) < 4.78 is -1.58. The second-order valence-corrected chi connectivity index (χ2v) is 7.40. The molecule has 90 valence electrons. The summed E-state index contributed by atoms with van der Waals surface area (Å²) in [6, 6.07) is 0. The highest BCUT2D eigenvalue weighted by molar-refractivity contribution is 6.57. The molecule has 1 N–H and O–H groups in total. The van der Waals surface area contributed by atoms with E-state index in [4.69, 9.17) is 23.2 Å². The Bertz CT molecular complexity index is 303. The smallest absolute Gasteiger partial charge is 0.340 e. The fourth-order valence-electron chi connectivity index (χ4n) is 4.72. The second-order valence-electron chi connectivity index (χ2n) is 6.08. The Morgan fingerprint density at radius 1 is 1.06 bits per heavy atom. The van der Waals surface area contributed by atoms with Crippen molar-refractivity contribution in [1.29, 1.82) is 0 Å². The molecule has 0 aromatic rings. The number of rotatable bonds is 2. The lowest BCUT2D eigenvalue weighted by atomic mass is 9.48. The van der Waals surface area contributed by atoms with Gasteiger partial charge < -0.3 is 5.11 Å². The lowest BCUT2D eigenvalue weighted by molar-refractivity contribution is -0.147. The van der Waals surface area contributed by atoms with E-state index in [1.165, 1.54) is 19.3 Å². The van der Waals surface area contributed by atoms with Crippen LogP contribution in [0.3, 0.4) is 0 Å². The summed E-state index contributed by atoms with van der Waals surface area (Å²) in [6.07, 6.45) is 6.54. The number of carboxylic acid groups (broad SMARTS) is 1. The van der Waals surface area contributed by atoms with E-state index < -0.39 is 10.3 Å². The number of aliphatic carboxylic acids is 1. The van der Waals surface area contributed by atoms with Crippen molar-refractivity contribution in [1.82, 2.24) is 0 Å². The SMILES string of the molecule is O=C(O)C(Cl)(Cl)C12CC3CC(CC(C3)C1)C2. The number of hydrogen-bond donors (Lipinski definition) is 1. The van der Waals surface area contributed by atoms with Crippen LogP contribution in [0.1, 0.15) is 38.5 Å². The zero-order valence-corrected chi connectivity index (χ0v) is 10.6. The molecule has 4 bridgehead atoms. The molecule has 4 rings (SSSR count). The summed E-state index contributed by atoms with van der Waals surface area (Å²) in [7, 11) is 0. The Morgan fingerprint density at radius 2 is 1.44 bits per heavy atom. The summed E-state index contributed by atoms with van der Waals surface area (Å²) in [6.45, 7) is 0. The predicted octanol–water partition coefficient (Wildman–Crippen LogP) is 3.46. The van der Waals surface area contributed by atoms with Crippen molar-refractivity contribution in [3.05, 3.63) is 0 Å². The summed E-state index contributed by atoms with van der Waals surface area (Å²) in [4.78, 5) is 11.3. The number of carbonyl (C=O) groups is 1. The number of halogens is 2. The highest BCUT2D eigenvalue weighted by Crippen LogP contribution is 2.66. The van der Waals surface area contributed by atoms with Crippen LogP contribution in [0.5, 0.6) is 0 Å². The summed E-state index contributed by atoms with van der Waals surface area (Å²) in [5.41, 5.74) is -0.351.